The van der Waals surface area contributed by atoms with Crippen LogP contribution in [0.4, 0.5) is 10.1 Å². The molecule has 0 aliphatic rings. The van der Waals surface area contributed by atoms with E-state index in [-0.39, 0.29) is 12.4 Å². The van der Waals surface area contributed by atoms with Crippen molar-refractivity contribution in [3.63, 3.8) is 0 Å². The number of hydrogen-bond acceptors (Lipinski definition) is 3. The number of rotatable bonds is 6. The molecule has 0 spiro atoms. The number of anilines is 1. The molecule has 106 valence electrons. The van der Waals surface area contributed by atoms with Gasteiger partial charge in [-0.25, -0.2) is 4.39 Å². The second kappa shape index (κ2) is 6.91. The number of aliphatic hydroxyl groups is 1. The van der Waals surface area contributed by atoms with Gasteiger partial charge in [0.05, 0.1) is 0 Å². The van der Waals surface area contributed by atoms with Crippen LogP contribution in [0.5, 0.6) is 5.75 Å². The van der Waals surface area contributed by atoms with E-state index in [9.17, 15) is 9.50 Å². The zero-order chi connectivity index (χ0) is 14.4. The van der Waals surface area contributed by atoms with E-state index < -0.39 is 6.10 Å². The second-order valence-electron chi connectivity index (χ2n) is 4.67. The fourth-order valence-corrected chi connectivity index (χ4v) is 1.76. The molecule has 0 saturated carbocycles. The number of halogens is 1. The van der Waals surface area contributed by atoms with Gasteiger partial charge >= 0.3 is 0 Å². The van der Waals surface area contributed by atoms with Crippen LogP contribution in [0, 0.1) is 12.7 Å². The molecule has 0 heterocycles. The Morgan fingerprint density at radius 1 is 1.20 bits per heavy atom. The standard InChI is InChI=1S/C16H18FNO2/c1-12-3-2-4-16(9-12)20-11-15(19)10-18-14-7-5-13(17)6-8-14/h2-9,15,18-19H,10-11H2,1H3. The summed E-state index contributed by atoms with van der Waals surface area (Å²) in [5, 5.41) is 12.9. The fourth-order valence-electron chi connectivity index (χ4n) is 1.76. The quantitative estimate of drug-likeness (QED) is 0.851. The van der Waals surface area contributed by atoms with Crippen molar-refractivity contribution in [1.82, 2.24) is 0 Å². The Bertz CT molecular complexity index is 542. The van der Waals surface area contributed by atoms with Crippen molar-refractivity contribution in [2.45, 2.75) is 13.0 Å². The largest absolute Gasteiger partial charge is 0.491 e. The van der Waals surface area contributed by atoms with E-state index in [2.05, 4.69) is 5.32 Å². The summed E-state index contributed by atoms with van der Waals surface area (Å²) in [4.78, 5) is 0. The van der Waals surface area contributed by atoms with Crippen LogP contribution in [0.2, 0.25) is 0 Å². The maximum atomic E-state index is 12.7. The van der Waals surface area contributed by atoms with Crippen LogP contribution in [0.25, 0.3) is 0 Å². The average molecular weight is 275 g/mol. The molecule has 0 aliphatic heterocycles. The van der Waals surface area contributed by atoms with Gasteiger partial charge in [0.1, 0.15) is 24.3 Å². The Kier molecular flexibility index (Phi) is 4.96. The number of aryl methyl sites for hydroxylation is 1. The normalized spacial score (nSPS) is 11.9. The summed E-state index contributed by atoms with van der Waals surface area (Å²) >= 11 is 0. The Labute approximate surface area is 118 Å². The minimum Gasteiger partial charge on any atom is -0.491 e. The lowest BCUT2D eigenvalue weighted by Crippen LogP contribution is -2.26. The molecule has 4 heteroatoms. The number of aliphatic hydroxyl groups excluding tert-OH is 1. The highest BCUT2D eigenvalue weighted by Crippen LogP contribution is 2.13. The molecule has 0 saturated heterocycles. The molecule has 0 amide bonds. The van der Waals surface area contributed by atoms with Crippen molar-refractivity contribution in [2.24, 2.45) is 0 Å². The van der Waals surface area contributed by atoms with Gasteiger partial charge in [0.15, 0.2) is 0 Å². The molecule has 0 fully saturated rings. The number of ether oxygens (including phenoxy) is 1. The molecular weight excluding hydrogens is 257 g/mol. The number of nitrogens with one attached hydrogen (secondary N) is 1. The van der Waals surface area contributed by atoms with Crippen LogP contribution < -0.4 is 10.1 Å². The van der Waals surface area contributed by atoms with Gasteiger partial charge in [-0.3, -0.25) is 0 Å². The van der Waals surface area contributed by atoms with E-state index >= 15 is 0 Å². The van der Waals surface area contributed by atoms with E-state index in [1.54, 1.807) is 12.1 Å². The zero-order valence-electron chi connectivity index (χ0n) is 11.3. The van der Waals surface area contributed by atoms with Crippen molar-refractivity contribution >= 4 is 5.69 Å². The van der Waals surface area contributed by atoms with Gasteiger partial charge in [-0.2, -0.15) is 0 Å². The summed E-state index contributed by atoms with van der Waals surface area (Å²) < 4.78 is 18.2. The second-order valence-corrected chi connectivity index (χ2v) is 4.67. The molecule has 2 rings (SSSR count). The first kappa shape index (κ1) is 14.3. The lowest BCUT2D eigenvalue weighted by molar-refractivity contribution is 0.117. The zero-order valence-corrected chi connectivity index (χ0v) is 11.3. The highest BCUT2D eigenvalue weighted by Gasteiger charge is 2.05. The van der Waals surface area contributed by atoms with Crippen LogP contribution in [0.3, 0.4) is 0 Å². The third-order valence-corrected chi connectivity index (χ3v) is 2.82. The van der Waals surface area contributed by atoms with Crippen molar-refractivity contribution in [2.75, 3.05) is 18.5 Å². The molecule has 0 radical (unpaired) electrons. The molecule has 1 atom stereocenters. The lowest BCUT2D eigenvalue weighted by Gasteiger charge is -2.14. The Hall–Kier alpha value is -2.07. The topological polar surface area (TPSA) is 41.5 Å². The van der Waals surface area contributed by atoms with Crippen molar-refractivity contribution in [3.05, 3.63) is 59.9 Å². The first-order valence-electron chi connectivity index (χ1n) is 6.50. The SMILES string of the molecule is Cc1cccc(OCC(O)CNc2ccc(F)cc2)c1. The smallest absolute Gasteiger partial charge is 0.123 e. The molecule has 2 aromatic rings. The number of benzene rings is 2. The van der Waals surface area contributed by atoms with Crippen LogP contribution in [-0.4, -0.2) is 24.4 Å². The minimum absolute atomic E-state index is 0.206. The van der Waals surface area contributed by atoms with E-state index in [1.807, 2.05) is 31.2 Å². The highest BCUT2D eigenvalue weighted by atomic mass is 19.1. The van der Waals surface area contributed by atoms with Gasteiger partial charge in [0, 0.05) is 12.2 Å². The molecule has 3 nitrogen and oxygen atoms in total. The molecule has 0 aliphatic carbocycles. The van der Waals surface area contributed by atoms with Crippen LogP contribution in [0.15, 0.2) is 48.5 Å². The van der Waals surface area contributed by atoms with Crippen LogP contribution >= 0.6 is 0 Å². The summed E-state index contributed by atoms with van der Waals surface area (Å²) in [5.41, 5.74) is 1.88. The summed E-state index contributed by atoms with van der Waals surface area (Å²) in [6.45, 7) is 2.54. The Morgan fingerprint density at radius 3 is 2.65 bits per heavy atom. The van der Waals surface area contributed by atoms with E-state index in [0.29, 0.717) is 6.54 Å². The molecule has 2 N–H and O–H groups in total. The lowest BCUT2D eigenvalue weighted by atomic mass is 10.2. The van der Waals surface area contributed by atoms with E-state index in [1.165, 1.54) is 12.1 Å². The molecular formula is C16H18FNO2. The summed E-state index contributed by atoms with van der Waals surface area (Å²) in [7, 11) is 0. The van der Waals surface area contributed by atoms with Crippen LogP contribution in [0.1, 0.15) is 5.56 Å². The maximum absolute atomic E-state index is 12.7. The maximum Gasteiger partial charge on any atom is 0.123 e. The first-order valence-corrected chi connectivity index (χ1v) is 6.50. The average Bonchev–Trinajstić information content (AvgIpc) is 2.45. The molecule has 20 heavy (non-hydrogen) atoms. The summed E-state index contributed by atoms with van der Waals surface area (Å²) in [5.74, 6) is 0.463. The predicted octanol–water partition coefficient (Wildman–Crippen LogP) is 2.99. The number of hydrogen-bond donors (Lipinski definition) is 2. The predicted molar refractivity (Wildman–Crippen MR) is 77.6 cm³/mol. The van der Waals surface area contributed by atoms with E-state index in [0.717, 1.165) is 17.0 Å². The fraction of sp³-hybridized carbons (Fsp3) is 0.250. The van der Waals surface area contributed by atoms with Gasteiger partial charge in [-0.05, 0) is 48.9 Å². The first-order chi connectivity index (χ1) is 9.63. The van der Waals surface area contributed by atoms with Crippen molar-refractivity contribution < 1.29 is 14.2 Å². The summed E-state index contributed by atoms with van der Waals surface area (Å²) in [6, 6.07) is 13.7. The molecule has 0 aromatic heterocycles. The molecule has 0 bridgehead atoms. The highest BCUT2D eigenvalue weighted by molar-refractivity contribution is 5.42. The van der Waals surface area contributed by atoms with Crippen LogP contribution in [-0.2, 0) is 0 Å². The van der Waals surface area contributed by atoms with Crippen molar-refractivity contribution in [3.8, 4) is 5.75 Å². The minimum atomic E-state index is -0.638. The Morgan fingerprint density at radius 2 is 1.95 bits per heavy atom. The molecule has 1 unspecified atom stereocenters. The van der Waals surface area contributed by atoms with Crippen molar-refractivity contribution in [1.29, 1.82) is 0 Å². The van der Waals surface area contributed by atoms with Gasteiger partial charge < -0.3 is 15.2 Å². The van der Waals surface area contributed by atoms with E-state index in [4.69, 9.17) is 4.74 Å². The van der Waals surface area contributed by atoms with Gasteiger partial charge in [0.2, 0.25) is 0 Å². The van der Waals surface area contributed by atoms with Gasteiger partial charge in [-0.15, -0.1) is 0 Å². The third kappa shape index (κ3) is 4.55. The van der Waals surface area contributed by atoms with Gasteiger partial charge in [0.25, 0.3) is 0 Å². The van der Waals surface area contributed by atoms with Gasteiger partial charge in [-0.1, -0.05) is 12.1 Å². The summed E-state index contributed by atoms with van der Waals surface area (Å²) in [6.07, 6.45) is -0.638. The molecule has 2 aromatic carbocycles. The monoisotopic (exact) mass is 275 g/mol. The Balaban J connectivity index is 1.75. The third-order valence-electron chi connectivity index (χ3n) is 2.82.